The van der Waals surface area contributed by atoms with E-state index in [1.165, 1.54) is 17.7 Å². The van der Waals surface area contributed by atoms with E-state index in [9.17, 15) is 4.39 Å². The lowest BCUT2D eigenvalue weighted by Crippen LogP contribution is -2.25. The highest BCUT2D eigenvalue weighted by Gasteiger charge is 2.11. The fraction of sp³-hybridized carbons (Fsp3) is 0.231. The lowest BCUT2D eigenvalue weighted by Gasteiger charge is -2.16. The van der Waals surface area contributed by atoms with Crippen molar-refractivity contribution in [3.8, 4) is 0 Å². The molecule has 0 fully saturated rings. The standard InChI is InChI=1S/C13H13FN4/c14-10-1-3-11(4-2-10)16-13-7-9-5-6-15-8-12(9)17-18-13/h1-4,7,15H,5-6,8H2,(H,16,18). The molecule has 0 saturated heterocycles. The minimum Gasteiger partial charge on any atom is -0.339 e. The monoisotopic (exact) mass is 244 g/mol. The highest BCUT2D eigenvalue weighted by molar-refractivity contribution is 5.56. The number of halogens is 1. The molecule has 2 N–H and O–H groups in total. The molecule has 4 nitrogen and oxygen atoms in total. The van der Waals surface area contributed by atoms with E-state index in [-0.39, 0.29) is 5.82 Å². The zero-order valence-electron chi connectivity index (χ0n) is 9.78. The Morgan fingerprint density at radius 2 is 2.00 bits per heavy atom. The molecule has 0 unspecified atom stereocenters. The molecule has 0 aliphatic carbocycles. The predicted molar refractivity (Wildman–Crippen MR) is 67.1 cm³/mol. The van der Waals surface area contributed by atoms with Crippen LogP contribution in [0.3, 0.4) is 0 Å². The van der Waals surface area contributed by atoms with E-state index >= 15 is 0 Å². The molecule has 1 aromatic carbocycles. The van der Waals surface area contributed by atoms with E-state index in [0.717, 1.165) is 30.9 Å². The van der Waals surface area contributed by atoms with Gasteiger partial charge in [-0.15, -0.1) is 5.10 Å². The molecule has 0 atom stereocenters. The van der Waals surface area contributed by atoms with E-state index < -0.39 is 0 Å². The van der Waals surface area contributed by atoms with Gasteiger partial charge in [0.05, 0.1) is 5.69 Å². The number of hydrogen-bond acceptors (Lipinski definition) is 4. The smallest absolute Gasteiger partial charge is 0.153 e. The number of fused-ring (bicyclic) bond motifs is 1. The Morgan fingerprint density at radius 1 is 1.17 bits per heavy atom. The molecule has 2 heterocycles. The van der Waals surface area contributed by atoms with Gasteiger partial charge in [-0.05, 0) is 48.9 Å². The molecule has 18 heavy (non-hydrogen) atoms. The molecule has 3 rings (SSSR count). The van der Waals surface area contributed by atoms with Gasteiger partial charge in [0.15, 0.2) is 5.82 Å². The molecule has 1 aliphatic rings. The largest absolute Gasteiger partial charge is 0.339 e. The highest BCUT2D eigenvalue weighted by atomic mass is 19.1. The summed E-state index contributed by atoms with van der Waals surface area (Å²) in [5.74, 6) is 0.449. The van der Waals surface area contributed by atoms with E-state index in [2.05, 4.69) is 20.8 Å². The summed E-state index contributed by atoms with van der Waals surface area (Å²) < 4.78 is 12.8. The van der Waals surface area contributed by atoms with Gasteiger partial charge in [0.25, 0.3) is 0 Å². The summed E-state index contributed by atoms with van der Waals surface area (Å²) in [6, 6.07) is 8.19. The second kappa shape index (κ2) is 4.70. The summed E-state index contributed by atoms with van der Waals surface area (Å²) in [7, 11) is 0. The molecule has 1 aliphatic heterocycles. The summed E-state index contributed by atoms with van der Waals surface area (Å²) in [4.78, 5) is 0. The topological polar surface area (TPSA) is 49.8 Å². The van der Waals surface area contributed by atoms with E-state index in [4.69, 9.17) is 0 Å². The van der Waals surface area contributed by atoms with Gasteiger partial charge in [-0.2, -0.15) is 5.10 Å². The van der Waals surface area contributed by atoms with Crippen LogP contribution in [0.2, 0.25) is 0 Å². The first-order valence-corrected chi connectivity index (χ1v) is 5.90. The third-order valence-corrected chi connectivity index (χ3v) is 2.94. The number of hydrogen-bond donors (Lipinski definition) is 2. The summed E-state index contributed by atoms with van der Waals surface area (Å²) in [6.45, 7) is 1.74. The van der Waals surface area contributed by atoms with Crippen LogP contribution < -0.4 is 10.6 Å². The molecule has 5 heteroatoms. The summed E-state index contributed by atoms with van der Waals surface area (Å²) >= 11 is 0. The van der Waals surface area contributed by atoms with Gasteiger partial charge in [-0.3, -0.25) is 0 Å². The third kappa shape index (κ3) is 2.31. The lowest BCUT2D eigenvalue weighted by molar-refractivity contribution is 0.617. The van der Waals surface area contributed by atoms with Crippen molar-refractivity contribution in [1.29, 1.82) is 0 Å². The van der Waals surface area contributed by atoms with Crippen LogP contribution in [0, 0.1) is 5.82 Å². The van der Waals surface area contributed by atoms with Gasteiger partial charge in [0.1, 0.15) is 5.82 Å². The van der Waals surface area contributed by atoms with Gasteiger partial charge < -0.3 is 10.6 Å². The molecule has 0 spiro atoms. The fourth-order valence-corrected chi connectivity index (χ4v) is 1.99. The van der Waals surface area contributed by atoms with Gasteiger partial charge in [-0.1, -0.05) is 0 Å². The zero-order chi connectivity index (χ0) is 12.4. The van der Waals surface area contributed by atoms with Crippen LogP contribution in [-0.2, 0) is 13.0 Å². The van der Waals surface area contributed by atoms with Crippen LogP contribution in [0.1, 0.15) is 11.3 Å². The maximum Gasteiger partial charge on any atom is 0.153 e. The van der Waals surface area contributed by atoms with Crippen molar-refractivity contribution in [2.75, 3.05) is 11.9 Å². The maximum absolute atomic E-state index is 12.8. The maximum atomic E-state index is 12.8. The Hall–Kier alpha value is -2.01. The van der Waals surface area contributed by atoms with Crippen molar-refractivity contribution in [3.63, 3.8) is 0 Å². The summed E-state index contributed by atoms with van der Waals surface area (Å²) in [6.07, 6.45) is 0.961. The van der Waals surface area contributed by atoms with E-state index in [0.29, 0.717) is 5.82 Å². The van der Waals surface area contributed by atoms with Crippen LogP contribution in [0.4, 0.5) is 15.9 Å². The van der Waals surface area contributed by atoms with Crippen LogP contribution in [0.5, 0.6) is 0 Å². The van der Waals surface area contributed by atoms with E-state index in [1.807, 2.05) is 6.07 Å². The lowest BCUT2D eigenvalue weighted by atomic mass is 10.1. The molecule has 0 saturated carbocycles. The number of nitrogens with zero attached hydrogens (tertiary/aromatic N) is 2. The third-order valence-electron chi connectivity index (χ3n) is 2.94. The zero-order valence-corrected chi connectivity index (χ0v) is 9.78. The number of aromatic nitrogens is 2. The average molecular weight is 244 g/mol. The van der Waals surface area contributed by atoms with Crippen molar-refractivity contribution in [2.45, 2.75) is 13.0 Å². The van der Waals surface area contributed by atoms with Crippen molar-refractivity contribution in [2.24, 2.45) is 0 Å². The van der Waals surface area contributed by atoms with Gasteiger partial charge in [0.2, 0.25) is 0 Å². The first kappa shape index (κ1) is 11.1. The van der Waals surface area contributed by atoms with Gasteiger partial charge in [0, 0.05) is 12.2 Å². The minimum atomic E-state index is -0.247. The number of benzene rings is 1. The first-order valence-electron chi connectivity index (χ1n) is 5.90. The quantitative estimate of drug-likeness (QED) is 0.848. The summed E-state index contributed by atoms with van der Waals surface area (Å²) in [5.41, 5.74) is 3.03. The Morgan fingerprint density at radius 3 is 2.83 bits per heavy atom. The predicted octanol–water partition coefficient (Wildman–Crippen LogP) is 2.00. The van der Waals surface area contributed by atoms with Crippen LogP contribution in [0.15, 0.2) is 30.3 Å². The first-order chi connectivity index (χ1) is 8.81. The average Bonchev–Trinajstić information content (AvgIpc) is 2.41. The van der Waals surface area contributed by atoms with Gasteiger partial charge in [-0.25, -0.2) is 4.39 Å². The van der Waals surface area contributed by atoms with Crippen molar-refractivity contribution in [3.05, 3.63) is 47.4 Å². The summed E-state index contributed by atoms with van der Waals surface area (Å²) in [5, 5.41) is 14.7. The second-order valence-corrected chi connectivity index (χ2v) is 4.26. The molecule has 0 radical (unpaired) electrons. The SMILES string of the molecule is Fc1ccc(Nc2cc3c(nn2)CNCC3)cc1. The fourth-order valence-electron chi connectivity index (χ4n) is 1.99. The Bertz CT molecular complexity index is 553. The van der Waals surface area contributed by atoms with E-state index in [1.54, 1.807) is 12.1 Å². The Labute approximate surface area is 104 Å². The highest BCUT2D eigenvalue weighted by Crippen LogP contribution is 2.18. The van der Waals surface area contributed by atoms with Crippen LogP contribution in [0.25, 0.3) is 0 Å². The minimum absolute atomic E-state index is 0.247. The van der Waals surface area contributed by atoms with Crippen molar-refractivity contribution in [1.82, 2.24) is 15.5 Å². The second-order valence-electron chi connectivity index (χ2n) is 4.26. The normalized spacial score (nSPS) is 14.1. The van der Waals surface area contributed by atoms with Crippen molar-refractivity contribution < 1.29 is 4.39 Å². The molecule has 1 aromatic heterocycles. The van der Waals surface area contributed by atoms with Crippen LogP contribution in [-0.4, -0.2) is 16.7 Å². The molecule has 2 aromatic rings. The Kier molecular flexibility index (Phi) is 2.90. The Balaban J connectivity index is 1.82. The molecular formula is C13H13FN4. The molecule has 0 amide bonds. The molecular weight excluding hydrogens is 231 g/mol. The molecule has 0 bridgehead atoms. The van der Waals surface area contributed by atoms with Crippen molar-refractivity contribution >= 4 is 11.5 Å². The van der Waals surface area contributed by atoms with Crippen LogP contribution >= 0.6 is 0 Å². The number of anilines is 2. The van der Waals surface area contributed by atoms with Gasteiger partial charge >= 0.3 is 0 Å². The molecule has 92 valence electrons. The number of nitrogens with one attached hydrogen (secondary N) is 2. The number of rotatable bonds is 2.